The van der Waals surface area contributed by atoms with E-state index >= 15 is 0 Å². The van der Waals surface area contributed by atoms with Crippen LogP contribution in [0.5, 0.6) is 0 Å². The van der Waals surface area contributed by atoms with Gasteiger partial charge >= 0.3 is 0 Å². The molecule has 2 aliphatic heterocycles. The zero-order valence-electron chi connectivity index (χ0n) is 16.5. The fourth-order valence-corrected chi connectivity index (χ4v) is 4.25. The van der Waals surface area contributed by atoms with Crippen molar-refractivity contribution in [3.05, 3.63) is 23.0 Å². The van der Waals surface area contributed by atoms with Crippen molar-refractivity contribution < 1.29 is 14.1 Å². The van der Waals surface area contributed by atoms with E-state index in [4.69, 9.17) is 4.52 Å². The first-order chi connectivity index (χ1) is 13.5. The van der Waals surface area contributed by atoms with Gasteiger partial charge < -0.3 is 20.1 Å². The summed E-state index contributed by atoms with van der Waals surface area (Å²) in [4.78, 5) is 31.7. The van der Waals surface area contributed by atoms with E-state index in [1.54, 1.807) is 0 Å². The number of amides is 2. The molecule has 0 aromatic carbocycles. The Bertz CT molecular complexity index is 887. The minimum atomic E-state index is -0.0639. The predicted molar refractivity (Wildman–Crippen MR) is 104 cm³/mol. The highest BCUT2D eigenvalue weighted by molar-refractivity contribution is 6.06. The molecule has 2 amide bonds. The van der Waals surface area contributed by atoms with E-state index < -0.39 is 0 Å². The molecule has 0 radical (unpaired) electrons. The standard InChI is InChI=1S/C20H27N5O3/c1-12-9-15(17-13(2)24-28-19(17)23-12)20(27)25-8-4-5-14(11-25)10-22-18(26)16-6-3-7-21-16/h9,14,16,21H,3-8,10-11H2,1-2H3,(H,22,26). The SMILES string of the molecule is Cc1cc(C(=O)N2CCCC(CNC(=O)C3CCCN3)C2)c2c(C)noc2n1. The number of aryl methyl sites for hydroxylation is 2. The Labute approximate surface area is 164 Å². The zero-order valence-corrected chi connectivity index (χ0v) is 16.5. The summed E-state index contributed by atoms with van der Waals surface area (Å²) in [6, 6.07) is 1.75. The molecule has 2 atom stereocenters. The van der Waals surface area contributed by atoms with Crippen molar-refractivity contribution >= 4 is 22.9 Å². The maximum atomic E-state index is 13.2. The Kier molecular flexibility index (Phi) is 5.30. The number of carbonyl (C=O) groups is 2. The molecule has 2 saturated heterocycles. The van der Waals surface area contributed by atoms with Crippen LogP contribution < -0.4 is 10.6 Å². The highest BCUT2D eigenvalue weighted by Gasteiger charge is 2.28. The van der Waals surface area contributed by atoms with Crippen LogP contribution in [-0.2, 0) is 4.79 Å². The van der Waals surface area contributed by atoms with Gasteiger partial charge in [-0.1, -0.05) is 5.16 Å². The lowest BCUT2D eigenvalue weighted by molar-refractivity contribution is -0.123. The maximum absolute atomic E-state index is 13.2. The van der Waals surface area contributed by atoms with Crippen LogP contribution in [0.4, 0.5) is 0 Å². The average molecular weight is 385 g/mol. The number of aromatic nitrogens is 2. The van der Waals surface area contributed by atoms with Crippen LogP contribution in [0.2, 0.25) is 0 Å². The van der Waals surface area contributed by atoms with Crippen LogP contribution in [-0.4, -0.2) is 59.1 Å². The maximum Gasteiger partial charge on any atom is 0.258 e. The van der Waals surface area contributed by atoms with Crippen LogP contribution in [0.15, 0.2) is 10.6 Å². The fraction of sp³-hybridized carbons (Fsp3) is 0.600. The third kappa shape index (κ3) is 3.73. The van der Waals surface area contributed by atoms with Crippen LogP contribution >= 0.6 is 0 Å². The van der Waals surface area contributed by atoms with Gasteiger partial charge in [0.1, 0.15) is 0 Å². The van der Waals surface area contributed by atoms with Crippen molar-refractivity contribution in [2.24, 2.45) is 5.92 Å². The molecule has 8 heteroatoms. The number of nitrogens with one attached hydrogen (secondary N) is 2. The summed E-state index contributed by atoms with van der Waals surface area (Å²) >= 11 is 0. The van der Waals surface area contributed by atoms with E-state index in [9.17, 15) is 9.59 Å². The molecular formula is C20H27N5O3. The Morgan fingerprint density at radius 3 is 2.96 bits per heavy atom. The minimum absolute atomic E-state index is 0.0183. The molecule has 2 N–H and O–H groups in total. The van der Waals surface area contributed by atoms with Crippen molar-refractivity contribution in [3.63, 3.8) is 0 Å². The number of hydrogen-bond donors (Lipinski definition) is 2. The van der Waals surface area contributed by atoms with Gasteiger partial charge in [0.2, 0.25) is 5.91 Å². The summed E-state index contributed by atoms with van der Waals surface area (Å²) < 4.78 is 5.26. The predicted octanol–water partition coefficient (Wildman–Crippen LogP) is 1.56. The Morgan fingerprint density at radius 1 is 1.32 bits per heavy atom. The monoisotopic (exact) mass is 385 g/mol. The highest BCUT2D eigenvalue weighted by atomic mass is 16.5. The van der Waals surface area contributed by atoms with Gasteiger partial charge in [0.15, 0.2) is 0 Å². The third-order valence-corrected chi connectivity index (χ3v) is 5.72. The van der Waals surface area contributed by atoms with Gasteiger partial charge in [-0.25, -0.2) is 4.98 Å². The number of nitrogens with zero attached hydrogens (tertiary/aromatic N) is 3. The van der Waals surface area contributed by atoms with E-state index in [-0.39, 0.29) is 23.8 Å². The first-order valence-corrected chi connectivity index (χ1v) is 10.1. The second-order valence-electron chi connectivity index (χ2n) is 7.91. The number of piperidine rings is 1. The summed E-state index contributed by atoms with van der Waals surface area (Å²) in [5.41, 5.74) is 2.42. The van der Waals surface area contributed by atoms with E-state index in [0.29, 0.717) is 35.4 Å². The minimum Gasteiger partial charge on any atom is -0.354 e. The van der Waals surface area contributed by atoms with Gasteiger partial charge in [0, 0.05) is 25.3 Å². The lowest BCUT2D eigenvalue weighted by Gasteiger charge is -2.33. The number of rotatable bonds is 4. The van der Waals surface area contributed by atoms with Crippen molar-refractivity contribution in [3.8, 4) is 0 Å². The molecule has 0 spiro atoms. The molecule has 8 nitrogen and oxygen atoms in total. The summed E-state index contributed by atoms with van der Waals surface area (Å²) in [5, 5.41) is 10.9. The zero-order chi connectivity index (χ0) is 19.7. The van der Waals surface area contributed by atoms with Gasteiger partial charge in [-0.3, -0.25) is 9.59 Å². The van der Waals surface area contributed by atoms with Crippen molar-refractivity contribution in [2.75, 3.05) is 26.2 Å². The molecule has 28 heavy (non-hydrogen) atoms. The number of fused-ring (bicyclic) bond motifs is 1. The Hall–Kier alpha value is -2.48. The van der Waals surface area contributed by atoms with Gasteiger partial charge in [-0.2, -0.15) is 0 Å². The van der Waals surface area contributed by atoms with E-state index in [1.165, 1.54) is 0 Å². The summed E-state index contributed by atoms with van der Waals surface area (Å²) in [6.45, 7) is 6.56. The Balaban J connectivity index is 1.44. The summed E-state index contributed by atoms with van der Waals surface area (Å²) in [6.07, 6.45) is 3.89. The Morgan fingerprint density at radius 2 is 2.18 bits per heavy atom. The topological polar surface area (TPSA) is 100 Å². The smallest absolute Gasteiger partial charge is 0.258 e. The van der Waals surface area contributed by atoms with Gasteiger partial charge in [0.25, 0.3) is 11.6 Å². The van der Waals surface area contributed by atoms with Crippen LogP contribution in [0.3, 0.4) is 0 Å². The largest absolute Gasteiger partial charge is 0.354 e. The molecule has 2 aromatic heterocycles. The number of likely N-dealkylation sites (tertiary alicyclic amines) is 1. The van der Waals surface area contributed by atoms with Gasteiger partial charge in [-0.15, -0.1) is 0 Å². The molecule has 4 rings (SSSR count). The van der Waals surface area contributed by atoms with Crippen molar-refractivity contribution in [2.45, 2.75) is 45.6 Å². The van der Waals surface area contributed by atoms with E-state index in [0.717, 1.165) is 44.5 Å². The highest BCUT2D eigenvalue weighted by Crippen LogP contribution is 2.25. The summed E-state index contributed by atoms with van der Waals surface area (Å²) in [5.74, 6) is 0.327. The lowest BCUT2D eigenvalue weighted by Crippen LogP contribution is -2.46. The summed E-state index contributed by atoms with van der Waals surface area (Å²) in [7, 11) is 0. The molecule has 0 bridgehead atoms. The van der Waals surface area contributed by atoms with Gasteiger partial charge in [0.05, 0.1) is 22.7 Å². The normalized spacial score (nSPS) is 22.6. The number of carbonyl (C=O) groups excluding carboxylic acids is 2. The molecule has 4 heterocycles. The van der Waals surface area contributed by atoms with Crippen LogP contribution in [0, 0.1) is 19.8 Å². The molecule has 0 saturated carbocycles. The molecule has 2 fully saturated rings. The second kappa shape index (κ2) is 7.87. The fourth-order valence-electron chi connectivity index (χ4n) is 4.25. The first-order valence-electron chi connectivity index (χ1n) is 10.1. The van der Waals surface area contributed by atoms with Crippen LogP contribution in [0.25, 0.3) is 11.1 Å². The molecule has 2 unspecified atom stereocenters. The quantitative estimate of drug-likeness (QED) is 0.828. The van der Waals surface area contributed by atoms with Crippen molar-refractivity contribution in [1.29, 1.82) is 0 Å². The number of pyridine rings is 1. The first kappa shape index (κ1) is 18.9. The van der Waals surface area contributed by atoms with Gasteiger partial charge in [-0.05, 0) is 58.1 Å². The molecule has 150 valence electrons. The average Bonchev–Trinajstić information content (AvgIpc) is 3.36. The van der Waals surface area contributed by atoms with Crippen molar-refractivity contribution in [1.82, 2.24) is 25.7 Å². The third-order valence-electron chi connectivity index (χ3n) is 5.72. The number of hydrogen-bond acceptors (Lipinski definition) is 6. The lowest BCUT2D eigenvalue weighted by atomic mass is 9.96. The molecule has 2 aliphatic rings. The van der Waals surface area contributed by atoms with Crippen LogP contribution in [0.1, 0.15) is 47.4 Å². The second-order valence-corrected chi connectivity index (χ2v) is 7.91. The molecule has 0 aliphatic carbocycles. The van der Waals surface area contributed by atoms with E-state index in [2.05, 4.69) is 20.8 Å². The molecule has 2 aromatic rings. The molecular weight excluding hydrogens is 358 g/mol. The van der Waals surface area contributed by atoms with E-state index in [1.807, 2.05) is 24.8 Å².